The normalized spacial score (nSPS) is 22.4. The molecular weight excluding hydrogens is 386 g/mol. The molecule has 1 aromatic rings. The fourth-order valence-electron chi connectivity index (χ4n) is 4.48. The number of hydrogen-bond acceptors (Lipinski definition) is 4. The molecule has 0 spiro atoms. The maximum Gasteiger partial charge on any atom is 0.224 e. The van der Waals surface area contributed by atoms with Crippen LogP contribution in [0.5, 0.6) is 0 Å². The fraction of sp³-hybridized carbons (Fsp3) is 0.682. The molecule has 1 aromatic carbocycles. The Balaban J connectivity index is 1.29. The van der Waals surface area contributed by atoms with E-state index in [0.29, 0.717) is 19.6 Å². The Kier molecular flexibility index (Phi) is 8.09. The van der Waals surface area contributed by atoms with Gasteiger partial charge in [0.1, 0.15) is 0 Å². The minimum absolute atomic E-state index is 0.0000747. The van der Waals surface area contributed by atoms with Crippen LogP contribution in [-0.2, 0) is 21.2 Å². The van der Waals surface area contributed by atoms with Crippen LogP contribution in [0.3, 0.4) is 0 Å². The smallest absolute Gasteiger partial charge is 0.224 e. The second-order valence-electron chi connectivity index (χ2n) is 8.58. The standard InChI is InChI=1S/C22H35N3O3S/c1-29(27,28)25-14-5-9-21(18-25)22(26)23-12-6-13-24-15-10-20(11-16-24)17-19-7-3-2-4-8-19/h2-4,7-8,20-21H,5-6,9-18H2,1H3,(H,23,26)/t21-/m1/s1. The van der Waals surface area contributed by atoms with E-state index in [4.69, 9.17) is 0 Å². The Morgan fingerprint density at radius 2 is 1.83 bits per heavy atom. The molecule has 7 heteroatoms. The minimum atomic E-state index is -3.21. The number of piperidine rings is 2. The Morgan fingerprint density at radius 1 is 1.10 bits per heavy atom. The molecule has 1 atom stereocenters. The summed E-state index contributed by atoms with van der Waals surface area (Å²) in [5.41, 5.74) is 1.44. The third-order valence-electron chi connectivity index (χ3n) is 6.25. The lowest BCUT2D eigenvalue weighted by Crippen LogP contribution is -2.45. The highest BCUT2D eigenvalue weighted by Crippen LogP contribution is 2.22. The zero-order valence-corrected chi connectivity index (χ0v) is 18.4. The van der Waals surface area contributed by atoms with Crippen LogP contribution in [0.15, 0.2) is 30.3 Å². The first kappa shape index (κ1) is 22.2. The summed E-state index contributed by atoms with van der Waals surface area (Å²) in [6.07, 6.45) is 7.34. The van der Waals surface area contributed by atoms with E-state index < -0.39 is 10.0 Å². The van der Waals surface area contributed by atoms with Crippen LogP contribution in [0.4, 0.5) is 0 Å². The average molecular weight is 422 g/mol. The number of sulfonamides is 1. The van der Waals surface area contributed by atoms with Crippen molar-refractivity contribution in [2.24, 2.45) is 11.8 Å². The number of amides is 1. The van der Waals surface area contributed by atoms with Gasteiger partial charge in [-0.25, -0.2) is 12.7 Å². The minimum Gasteiger partial charge on any atom is -0.356 e. The second-order valence-corrected chi connectivity index (χ2v) is 10.6. The Labute approximate surface area is 175 Å². The van der Waals surface area contributed by atoms with Crippen LogP contribution in [0, 0.1) is 11.8 Å². The molecule has 0 saturated carbocycles. The van der Waals surface area contributed by atoms with Crippen molar-refractivity contribution in [1.29, 1.82) is 0 Å². The molecule has 1 N–H and O–H groups in total. The number of carbonyl (C=O) groups is 1. The highest BCUT2D eigenvalue weighted by Gasteiger charge is 2.30. The molecule has 0 radical (unpaired) electrons. The molecule has 6 nitrogen and oxygen atoms in total. The molecule has 2 saturated heterocycles. The first-order valence-corrected chi connectivity index (χ1v) is 12.8. The van der Waals surface area contributed by atoms with E-state index >= 15 is 0 Å². The largest absolute Gasteiger partial charge is 0.356 e. The van der Waals surface area contributed by atoms with Crippen molar-refractivity contribution in [1.82, 2.24) is 14.5 Å². The number of likely N-dealkylation sites (tertiary alicyclic amines) is 1. The highest BCUT2D eigenvalue weighted by molar-refractivity contribution is 7.88. The zero-order chi connectivity index (χ0) is 20.7. The van der Waals surface area contributed by atoms with Gasteiger partial charge in [-0.1, -0.05) is 30.3 Å². The number of carbonyl (C=O) groups excluding carboxylic acids is 1. The summed E-state index contributed by atoms with van der Waals surface area (Å²) in [7, 11) is -3.21. The van der Waals surface area contributed by atoms with E-state index in [-0.39, 0.29) is 11.8 Å². The predicted molar refractivity (Wildman–Crippen MR) is 116 cm³/mol. The molecule has 162 valence electrons. The van der Waals surface area contributed by atoms with Crippen LogP contribution < -0.4 is 5.32 Å². The van der Waals surface area contributed by atoms with Crippen molar-refractivity contribution in [3.63, 3.8) is 0 Å². The van der Waals surface area contributed by atoms with Gasteiger partial charge in [0.05, 0.1) is 12.2 Å². The van der Waals surface area contributed by atoms with E-state index in [9.17, 15) is 13.2 Å². The molecule has 2 heterocycles. The molecule has 3 rings (SSSR count). The van der Waals surface area contributed by atoms with Gasteiger partial charge in [-0.05, 0) is 69.6 Å². The summed E-state index contributed by atoms with van der Waals surface area (Å²) in [4.78, 5) is 14.9. The lowest BCUT2D eigenvalue weighted by atomic mass is 9.90. The van der Waals surface area contributed by atoms with Gasteiger partial charge in [-0.2, -0.15) is 0 Å². The number of rotatable bonds is 8. The Hall–Kier alpha value is -1.44. The Bertz CT molecular complexity index is 746. The summed E-state index contributed by atoms with van der Waals surface area (Å²) in [6.45, 7) is 4.80. The van der Waals surface area contributed by atoms with Gasteiger partial charge in [-0.3, -0.25) is 4.79 Å². The molecule has 0 aromatic heterocycles. The average Bonchev–Trinajstić information content (AvgIpc) is 2.72. The predicted octanol–water partition coefficient (Wildman–Crippen LogP) is 2.12. The molecule has 1 amide bonds. The number of hydrogen-bond donors (Lipinski definition) is 1. The summed E-state index contributed by atoms with van der Waals surface area (Å²) >= 11 is 0. The quantitative estimate of drug-likeness (QED) is 0.653. The third-order valence-corrected chi connectivity index (χ3v) is 7.52. The van der Waals surface area contributed by atoms with Gasteiger partial charge in [0, 0.05) is 19.6 Å². The molecule has 2 aliphatic rings. The molecule has 2 fully saturated rings. The van der Waals surface area contributed by atoms with Crippen LogP contribution in [0.1, 0.15) is 37.7 Å². The van der Waals surface area contributed by atoms with Crippen molar-refractivity contribution in [2.75, 3.05) is 45.5 Å². The lowest BCUT2D eigenvalue weighted by molar-refractivity contribution is -0.126. The van der Waals surface area contributed by atoms with Gasteiger partial charge in [-0.15, -0.1) is 0 Å². The van der Waals surface area contributed by atoms with Crippen molar-refractivity contribution in [2.45, 2.75) is 38.5 Å². The topological polar surface area (TPSA) is 69.7 Å². The van der Waals surface area contributed by atoms with Gasteiger partial charge in [0.2, 0.25) is 15.9 Å². The van der Waals surface area contributed by atoms with E-state index in [1.807, 2.05) is 0 Å². The van der Waals surface area contributed by atoms with Crippen LogP contribution in [0.25, 0.3) is 0 Å². The van der Waals surface area contributed by atoms with E-state index in [1.165, 1.54) is 35.4 Å². The van der Waals surface area contributed by atoms with E-state index in [2.05, 4.69) is 40.5 Å². The Morgan fingerprint density at radius 3 is 2.52 bits per heavy atom. The molecular formula is C22H35N3O3S. The second kappa shape index (κ2) is 10.5. The van der Waals surface area contributed by atoms with E-state index in [0.717, 1.165) is 44.8 Å². The van der Waals surface area contributed by atoms with E-state index in [1.54, 1.807) is 0 Å². The van der Waals surface area contributed by atoms with Crippen molar-refractivity contribution in [3.05, 3.63) is 35.9 Å². The SMILES string of the molecule is CS(=O)(=O)N1CCC[C@@H](C(=O)NCCCN2CCC(Cc3ccccc3)CC2)C1. The third kappa shape index (κ3) is 7.08. The van der Waals surface area contributed by atoms with Crippen LogP contribution >= 0.6 is 0 Å². The van der Waals surface area contributed by atoms with Crippen LogP contribution in [-0.4, -0.2) is 69.1 Å². The summed E-state index contributed by atoms with van der Waals surface area (Å²) in [5.74, 6) is 0.560. The molecule has 2 aliphatic heterocycles. The van der Waals surface area contributed by atoms with Gasteiger partial charge >= 0.3 is 0 Å². The summed E-state index contributed by atoms with van der Waals surface area (Å²) < 4.78 is 24.8. The molecule has 0 aliphatic carbocycles. The lowest BCUT2D eigenvalue weighted by Gasteiger charge is -2.32. The van der Waals surface area contributed by atoms with Gasteiger partial charge in [0.15, 0.2) is 0 Å². The number of nitrogens with one attached hydrogen (secondary N) is 1. The van der Waals surface area contributed by atoms with Gasteiger partial charge in [0.25, 0.3) is 0 Å². The molecule has 0 bridgehead atoms. The monoisotopic (exact) mass is 421 g/mol. The van der Waals surface area contributed by atoms with Crippen molar-refractivity contribution < 1.29 is 13.2 Å². The molecule has 0 unspecified atom stereocenters. The highest BCUT2D eigenvalue weighted by atomic mass is 32.2. The number of benzene rings is 1. The van der Waals surface area contributed by atoms with Crippen LogP contribution in [0.2, 0.25) is 0 Å². The van der Waals surface area contributed by atoms with Gasteiger partial charge < -0.3 is 10.2 Å². The molecule has 29 heavy (non-hydrogen) atoms. The first-order chi connectivity index (χ1) is 13.9. The van der Waals surface area contributed by atoms with Crippen molar-refractivity contribution in [3.8, 4) is 0 Å². The van der Waals surface area contributed by atoms with Crippen molar-refractivity contribution >= 4 is 15.9 Å². The summed E-state index contributed by atoms with van der Waals surface area (Å²) in [5, 5.41) is 3.02. The zero-order valence-electron chi connectivity index (χ0n) is 17.6. The maximum atomic E-state index is 12.4. The maximum absolute atomic E-state index is 12.4. The fourth-order valence-corrected chi connectivity index (χ4v) is 5.39. The number of nitrogens with zero attached hydrogens (tertiary/aromatic N) is 2. The first-order valence-electron chi connectivity index (χ1n) is 10.9. The summed E-state index contributed by atoms with van der Waals surface area (Å²) in [6, 6.07) is 10.7.